The molecule has 0 radical (unpaired) electrons. The van der Waals surface area contributed by atoms with Gasteiger partial charge in [-0.25, -0.2) is 8.60 Å². The van der Waals surface area contributed by atoms with Crippen LogP contribution in [0.15, 0.2) is 63.5 Å². The molecule has 0 bridgehead atoms. The van der Waals surface area contributed by atoms with Crippen molar-refractivity contribution in [2.24, 2.45) is 11.7 Å². The molecule has 5 rings (SSSR count). The first-order valence-electron chi connectivity index (χ1n) is 11.7. The van der Waals surface area contributed by atoms with Gasteiger partial charge in [0, 0.05) is 28.6 Å². The van der Waals surface area contributed by atoms with Gasteiger partial charge in [0.05, 0.1) is 15.7 Å². The van der Waals surface area contributed by atoms with Gasteiger partial charge >= 0.3 is 0 Å². The molecule has 1 unspecified atom stereocenters. The van der Waals surface area contributed by atoms with Gasteiger partial charge in [-0.1, -0.05) is 17.7 Å². The Morgan fingerprint density at radius 3 is 2.54 bits per heavy atom. The fourth-order valence-electron chi connectivity index (χ4n) is 4.46. The molecule has 6 nitrogen and oxygen atoms in total. The first kappa shape index (κ1) is 25.9. The molecule has 1 heterocycles. The molecule has 10 heteroatoms. The number of benzene rings is 3. The number of hydrogen-bond donors (Lipinski definition) is 2. The highest BCUT2D eigenvalue weighted by Gasteiger charge is 2.28. The molecule has 3 aromatic carbocycles. The van der Waals surface area contributed by atoms with Gasteiger partial charge in [0.1, 0.15) is 17.2 Å². The Hall–Kier alpha value is -2.72. The van der Waals surface area contributed by atoms with Crippen molar-refractivity contribution in [2.45, 2.75) is 25.7 Å². The van der Waals surface area contributed by atoms with Crippen molar-refractivity contribution in [3.05, 3.63) is 86.6 Å². The Bertz CT molecular complexity index is 1520. The third kappa shape index (κ3) is 5.60. The van der Waals surface area contributed by atoms with E-state index in [-0.39, 0.29) is 12.1 Å². The molecule has 0 aliphatic heterocycles. The van der Waals surface area contributed by atoms with Crippen molar-refractivity contribution >= 4 is 61.4 Å². The monoisotopic (exact) mass is 604 g/mol. The highest BCUT2D eigenvalue weighted by molar-refractivity contribution is 9.10. The lowest BCUT2D eigenvalue weighted by atomic mass is 10.00. The van der Waals surface area contributed by atoms with Crippen molar-refractivity contribution in [2.75, 3.05) is 10.8 Å². The van der Waals surface area contributed by atoms with Gasteiger partial charge in [-0.2, -0.15) is 0 Å². The van der Waals surface area contributed by atoms with E-state index < -0.39 is 23.0 Å². The lowest BCUT2D eigenvalue weighted by molar-refractivity contribution is 0.100. The predicted octanol–water partition coefficient (Wildman–Crippen LogP) is 6.89. The summed E-state index contributed by atoms with van der Waals surface area (Å²) in [6.07, 6.45) is 3.17. The first-order valence-corrected chi connectivity index (χ1v) is 13.9. The van der Waals surface area contributed by atoms with Crippen molar-refractivity contribution in [1.82, 2.24) is 0 Å². The van der Waals surface area contributed by atoms with E-state index in [2.05, 4.69) is 15.9 Å². The third-order valence-electron chi connectivity index (χ3n) is 6.49. The van der Waals surface area contributed by atoms with Crippen LogP contribution < -0.4 is 10.0 Å². The fourth-order valence-corrected chi connectivity index (χ4v) is 5.42. The van der Waals surface area contributed by atoms with Crippen molar-refractivity contribution in [3.63, 3.8) is 0 Å². The van der Waals surface area contributed by atoms with Crippen LogP contribution in [0.1, 0.15) is 34.3 Å². The number of carbonyl (C=O) groups is 1. The van der Waals surface area contributed by atoms with Crippen molar-refractivity contribution in [3.8, 4) is 11.3 Å². The molecular weight excluding hydrogens is 583 g/mol. The van der Waals surface area contributed by atoms with Gasteiger partial charge < -0.3 is 10.2 Å². The number of furan rings is 1. The first-order chi connectivity index (χ1) is 17.7. The summed E-state index contributed by atoms with van der Waals surface area (Å²) in [6, 6.07) is 15.2. The van der Waals surface area contributed by atoms with Crippen molar-refractivity contribution < 1.29 is 22.4 Å². The largest absolute Gasteiger partial charge is 0.455 e. The Balaban J connectivity index is 1.60. The van der Waals surface area contributed by atoms with Crippen LogP contribution in [0.5, 0.6) is 0 Å². The van der Waals surface area contributed by atoms with Crippen LogP contribution in [0.4, 0.5) is 10.1 Å². The lowest BCUT2D eigenvalue weighted by Crippen LogP contribution is -2.28. The molecule has 1 atom stereocenters. The molecule has 192 valence electrons. The van der Waals surface area contributed by atoms with Crippen LogP contribution in [0.2, 0.25) is 5.02 Å². The number of halogens is 3. The minimum atomic E-state index is -2.35. The summed E-state index contributed by atoms with van der Waals surface area (Å²) < 4.78 is 44.6. The molecule has 1 aromatic heterocycles. The summed E-state index contributed by atoms with van der Waals surface area (Å²) in [4.78, 5) is 12.5. The topological polar surface area (TPSA) is 96.8 Å². The van der Waals surface area contributed by atoms with E-state index in [4.69, 9.17) is 21.8 Å². The number of nitrogens with zero attached hydrogens (tertiary/aromatic N) is 1. The molecule has 1 saturated carbocycles. The van der Waals surface area contributed by atoms with Gasteiger partial charge in [-0.05, 0) is 101 Å². The van der Waals surface area contributed by atoms with Crippen LogP contribution in [0.25, 0.3) is 22.3 Å². The Morgan fingerprint density at radius 1 is 1.19 bits per heavy atom. The second kappa shape index (κ2) is 10.6. The maximum atomic E-state index is 14.0. The van der Waals surface area contributed by atoms with Crippen molar-refractivity contribution in [1.29, 1.82) is 0 Å². The fraction of sp³-hybridized carbons (Fsp3) is 0.222. The molecule has 3 N–H and O–H groups in total. The predicted molar refractivity (Wildman–Crippen MR) is 148 cm³/mol. The molecule has 1 aliphatic carbocycles. The SMILES string of the molecule is NC(=O)c1c(-c2ccc(Cl)cc2)oc2cc(N(CCc3ccc(Br)c(F)c3)S(=O)O)c(CC3CC3)cc12. The standard InChI is InChI=1S/C27H23BrClFN2O4S/c28-21-8-3-16(12-22(21)30)9-10-32(37(34)35)23-14-24-20(13-18(23)11-15-1-2-15)25(27(31)33)26(36-24)17-4-6-19(29)7-5-17/h3-8,12-15H,1-2,9-11H2,(H2,31,33)(H,34,35). The molecule has 0 saturated heterocycles. The van der Waals surface area contributed by atoms with Crippen LogP contribution in [-0.2, 0) is 24.1 Å². The number of amides is 1. The van der Waals surface area contributed by atoms with E-state index in [9.17, 15) is 17.9 Å². The van der Waals surface area contributed by atoms with Gasteiger partial charge in [-0.15, -0.1) is 0 Å². The lowest BCUT2D eigenvalue weighted by Gasteiger charge is -2.23. The molecule has 4 aromatic rings. The maximum Gasteiger partial charge on any atom is 0.261 e. The summed E-state index contributed by atoms with van der Waals surface area (Å²) >= 11 is 6.82. The van der Waals surface area contributed by atoms with Crippen LogP contribution in [0, 0.1) is 11.7 Å². The molecule has 1 amide bonds. The zero-order valence-electron chi connectivity index (χ0n) is 19.5. The molecular formula is C27H23BrClFN2O4S. The Morgan fingerprint density at radius 2 is 1.92 bits per heavy atom. The molecule has 1 fully saturated rings. The van der Waals surface area contributed by atoms with Crippen LogP contribution in [-0.4, -0.2) is 21.2 Å². The Labute approximate surface area is 229 Å². The van der Waals surface area contributed by atoms with Crippen LogP contribution >= 0.6 is 27.5 Å². The minimum Gasteiger partial charge on any atom is -0.455 e. The number of rotatable bonds is 9. The second-order valence-electron chi connectivity index (χ2n) is 9.13. The highest BCUT2D eigenvalue weighted by Crippen LogP contribution is 2.41. The van der Waals surface area contributed by atoms with E-state index >= 15 is 0 Å². The second-order valence-corrected chi connectivity index (χ2v) is 11.3. The van der Waals surface area contributed by atoms with Crippen LogP contribution in [0.3, 0.4) is 0 Å². The quantitative estimate of drug-likeness (QED) is 0.203. The molecule has 1 aliphatic rings. The van der Waals surface area contributed by atoms with Gasteiger partial charge in [-0.3, -0.25) is 13.7 Å². The smallest absolute Gasteiger partial charge is 0.261 e. The number of hydrogen-bond acceptors (Lipinski definition) is 3. The third-order valence-corrected chi connectivity index (χ3v) is 8.14. The number of carbonyl (C=O) groups excluding carboxylic acids is 1. The van der Waals surface area contributed by atoms with Gasteiger partial charge in [0.25, 0.3) is 17.2 Å². The minimum absolute atomic E-state index is 0.167. The average Bonchev–Trinajstić information content (AvgIpc) is 3.59. The normalized spacial score (nSPS) is 14.2. The van der Waals surface area contributed by atoms with E-state index in [0.29, 0.717) is 61.8 Å². The summed E-state index contributed by atoms with van der Waals surface area (Å²) in [7, 11) is 0. The zero-order chi connectivity index (χ0) is 26.3. The summed E-state index contributed by atoms with van der Waals surface area (Å²) in [5.74, 6) is -0.246. The van der Waals surface area contributed by atoms with E-state index in [0.717, 1.165) is 18.4 Å². The number of anilines is 1. The number of fused-ring (bicyclic) bond motifs is 1. The summed E-state index contributed by atoms with van der Waals surface area (Å²) in [5, 5.41) is 1.09. The number of nitrogens with two attached hydrogens (primary N) is 1. The van der Waals surface area contributed by atoms with Gasteiger partial charge in [0.2, 0.25) is 0 Å². The average molecular weight is 606 g/mol. The maximum absolute atomic E-state index is 14.0. The summed E-state index contributed by atoms with van der Waals surface area (Å²) in [5.41, 5.74) is 9.10. The van der Waals surface area contributed by atoms with Gasteiger partial charge in [0.15, 0.2) is 0 Å². The Kier molecular flexibility index (Phi) is 7.40. The zero-order valence-corrected chi connectivity index (χ0v) is 22.7. The van der Waals surface area contributed by atoms with E-state index in [1.807, 2.05) is 6.07 Å². The molecule has 0 spiro atoms. The van der Waals surface area contributed by atoms with E-state index in [1.165, 1.54) is 10.4 Å². The highest BCUT2D eigenvalue weighted by atomic mass is 79.9. The summed E-state index contributed by atoms with van der Waals surface area (Å²) in [6.45, 7) is 0.167. The van der Waals surface area contributed by atoms with E-state index in [1.54, 1.807) is 42.5 Å². The molecule has 37 heavy (non-hydrogen) atoms. The number of primary amides is 1.